The molecule has 5 nitrogen and oxygen atoms in total. The molecule has 2 aromatic rings. The molecule has 0 unspecified atom stereocenters. The van der Waals surface area contributed by atoms with E-state index in [1.807, 2.05) is 6.92 Å². The molecule has 0 aliphatic carbocycles. The van der Waals surface area contributed by atoms with Crippen molar-refractivity contribution in [3.05, 3.63) is 16.8 Å². The largest absolute Gasteiger partial charge is 0.383 e. The van der Waals surface area contributed by atoms with Crippen LogP contribution >= 0.6 is 11.3 Å². The summed E-state index contributed by atoms with van der Waals surface area (Å²) in [6.07, 6.45) is 1.09. The fourth-order valence-electron chi connectivity index (χ4n) is 3.31. The molecule has 3 heterocycles. The lowest BCUT2D eigenvalue weighted by Crippen LogP contribution is -2.47. The van der Waals surface area contributed by atoms with Crippen molar-refractivity contribution in [3.8, 4) is 0 Å². The van der Waals surface area contributed by atoms with Gasteiger partial charge in [0.05, 0.1) is 12.0 Å². The Balaban J connectivity index is 1.84. The van der Waals surface area contributed by atoms with Crippen LogP contribution in [0.25, 0.3) is 10.2 Å². The van der Waals surface area contributed by atoms with Gasteiger partial charge in [-0.05, 0) is 30.2 Å². The molecule has 0 aromatic carbocycles. The van der Waals surface area contributed by atoms with E-state index < -0.39 is 0 Å². The highest BCUT2D eigenvalue weighted by Gasteiger charge is 2.22. The Morgan fingerprint density at radius 2 is 1.96 bits per heavy atom. The number of ether oxygens (including phenoxy) is 1. The molecule has 1 aliphatic rings. The third-order valence-electron chi connectivity index (χ3n) is 4.51. The topological polar surface area (TPSA) is 41.5 Å². The van der Waals surface area contributed by atoms with Gasteiger partial charge in [-0.3, -0.25) is 4.90 Å². The van der Waals surface area contributed by atoms with Crippen molar-refractivity contribution in [2.24, 2.45) is 5.92 Å². The van der Waals surface area contributed by atoms with Gasteiger partial charge in [0, 0.05) is 39.8 Å². The number of piperazine rings is 1. The highest BCUT2D eigenvalue weighted by Crippen LogP contribution is 2.33. The first-order valence-electron chi connectivity index (χ1n) is 8.79. The van der Waals surface area contributed by atoms with Crippen molar-refractivity contribution in [1.29, 1.82) is 0 Å². The number of methoxy groups -OCH3 is 1. The lowest BCUT2D eigenvalue weighted by molar-refractivity contribution is 0.144. The van der Waals surface area contributed by atoms with Crippen LogP contribution in [0.2, 0.25) is 0 Å². The zero-order chi connectivity index (χ0) is 17.1. The molecule has 0 saturated carbocycles. The van der Waals surface area contributed by atoms with Gasteiger partial charge >= 0.3 is 0 Å². The van der Waals surface area contributed by atoms with Crippen molar-refractivity contribution >= 4 is 27.4 Å². The normalized spacial score (nSPS) is 16.5. The Hall–Kier alpha value is -1.24. The molecule has 0 N–H and O–H groups in total. The summed E-state index contributed by atoms with van der Waals surface area (Å²) in [5, 5.41) is 3.56. The van der Waals surface area contributed by atoms with E-state index in [0.717, 1.165) is 62.2 Å². The van der Waals surface area contributed by atoms with Crippen LogP contribution in [0.15, 0.2) is 5.38 Å². The number of aromatic nitrogens is 2. The first-order valence-corrected chi connectivity index (χ1v) is 9.67. The number of hydrogen-bond donors (Lipinski definition) is 0. The maximum absolute atomic E-state index is 5.20. The quantitative estimate of drug-likeness (QED) is 0.803. The van der Waals surface area contributed by atoms with Crippen molar-refractivity contribution in [2.45, 2.75) is 27.2 Å². The zero-order valence-corrected chi connectivity index (χ0v) is 16.0. The highest BCUT2D eigenvalue weighted by molar-refractivity contribution is 7.17. The van der Waals surface area contributed by atoms with Gasteiger partial charge in [0.1, 0.15) is 16.5 Å². The Morgan fingerprint density at radius 1 is 1.21 bits per heavy atom. The van der Waals surface area contributed by atoms with Crippen LogP contribution in [0.1, 0.15) is 25.2 Å². The monoisotopic (exact) mass is 348 g/mol. The molecule has 2 aromatic heterocycles. The van der Waals surface area contributed by atoms with Crippen LogP contribution in [-0.2, 0) is 11.2 Å². The van der Waals surface area contributed by atoms with Gasteiger partial charge in [-0.15, -0.1) is 11.3 Å². The van der Waals surface area contributed by atoms with E-state index in [-0.39, 0.29) is 0 Å². The Morgan fingerprint density at radius 3 is 2.62 bits per heavy atom. The van der Waals surface area contributed by atoms with Gasteiger partial charge < -0.3 is 9.64 Å². The number of anilines is 1. The standard InChI is InChI=1S/C18H28N4OS/c1-13(2)11-15-12-24-18-16(15)17(19-14(3)20-18)22-7-5-21(6-8-22)9-10-23-4/h12-13H,5-11H2,1-4H3. The third-order valence-corrected chi connectivity index (χ3v) is 5.44. The van der Waals surface area contributed by atoms with Crippen molar-refractivity contribution < 1.29 is 4.74 Å². The maximum atomic E-state index is 5.20. The van der Waals surface area contributed by atoms with Crippen LogP contribution in [0.3, 0.4) is 0 Å². The van der Waals surface area contributed by atoms with E-state index >= 15 is 0 Å². The molecule has 1 aliphatic heterocycles. The van der Waals surface area contributed by atoms with E-state index in [1.165, 1.54) is 10.9 Å². The number of fused-ring (bicyclic) bond motifs is 1. The lowest BCUT2D eigenvalue weighted by atomic mass is 10.0. The minimum atomic E-state index is 0.642. The molecule has 0 atom stereocenters. The molecular formula is C18H28N4OS. The minimum absolute atomic E-state index is 0.642. The Bertz CT molecular complexity index is 677. The second-order valence-corrected chi connectivity index (χ2v) is 7.81. The van der Waals surface area contributed by atoms with E-state index in [0.29, 0.717) is 5.92 Å². The van der Waals surface area contributed by atoms with Gasteiger partial charge in [0.2, 0.25) is 0 Å². The summed E-state index contributed by atoms with van der Waals surface area (Å²) < 4.78 is 5.20. The van der Waals surface area contributed by atoms with Crippen molar-refractivity contribution in [2.75, 3.05) is 51.3 Å². The van der Waals surface area contributed by atoms with Crippen LogP contribution < -0.4 is 4.90 Å². The minimum Gasteiger partial charge on any atom is -0.383 e. The summed E-state index contributed by atoms with van der Waals surface area (Å²) in [4.78, 5) is 15.5. The molecule has 3 rings (SSSR count). The van der Waals surface area contributed by atoms with Crippen molar-refractivity contribution in [3.63, 3.8) is 0 Å². The number of rotatable bonds is 6. The van der Waals surface area contributed by atoms with Gasteiger partial charge in [0.15, 0.2) is 0 Å². The highest BCUT2D eigenvalue weighted by atomic mass is 32.1. The Labute approximate surface area is 148 Å². The van der Waals surface area contributed by atoms with Gasteiger partial charge in [-0.25, -0.2) is 9.97 Å². The number of nitrogens with zero attached hydrogens (tertiary/aromatic N) is 4. The second-order valence-electron chi connectivity index (χ2n) is 6.95. The third kappa shape index (κ3) is 3.87. The summed E-state index contributed by atoms with van der Waals surface area (Å²) in [6, 6.07) is 0. The molecule has 0 spiro atoms. The fraction of sp³-hybridized carbons (Fsp3) is 0.667. The Kier molecular flexibility index (Phi) is 5.69. The van der Waals surface area contributed by atoms with Crippen LogP contribution in [0.4, 0.5) is 5.82 Å². The first-order chi connectivity index (χ1) is 11.6. The molecule has 1 fully saturated rings. The smallest absolute Gasteiger partial charge is 0.141 e. The van der Waals surface area contributed by atoms with Crippen LogP contribution in [0, 0.1) is 12.8 Å². The summed E-state index contributed by atoms with van der Waals surface area (Å²) in [5.74, 6) is 2.65. The molecule has 24 heavy (non-hydrogen) atoms. The molecule has 0 bridgehead atoms. The first kappa shape index (κ1) is 17.6. The van der Waals surface area contributed by atoms with E-state index in [2.05, 4.69) is 34.0 Å². The van der Waals surface area contributed by atoms with Gasteiger partial charge in [-0.2, -0.15) is 0 Å². The second kappa shape index (κ2) is 7.76. The van der Waals surface area contributed by atoms with Crippen LogP contribution in [0.5, 0.6) is 0 Å². The van der Waals surface area contributed by atoms with E-state index in [1.54, 1.807) is 18.4 Å². The maximum Gasteiger partial charge on any atom is 0.141 e. The van der Waals surface area contributed by atoms with Gasteiger partial charge in [-0.1, -0.05) is 13.8 Å². The average molecular weight is 349 g/mol. The van der Waals surface area contributed by atoms with Gasteiger partial charge in [0.25, 0.3) is 0 Å². The molecule has 132 valence electrons. The molecule has 1 saturated heterocycles. The lowest BCUT2D eigenvalue weighted by Gasteiger charge is -2.35. The summed E-state index contributed by atoms with van der Waals surface area (Å²) >= 11 is 1.76. The molecular weight excluding hydrogens is 320 g/mol. The average Bonchev–Trinajstić information content (AvgIpc) is 2.94. The zero-order valence-electron chi connectivity index (χ0n) is 15.2. The van der Waals surface area contributed by atoms with Crippen molar-refractivity contribution in [1.82, 2.24) is 14.9 Å². The molecule has 0 radical (unpaired) electrons. The van der Waals surface area contributed by atoms with Crippen LogP contribution in [-0.4, -0.2) is 61.3 Å². The predicted octanol–water partition coefficient (Wildman–Crippen LogP) is 2.97. The summed E-state index contributed by atoms with van der Waals surface area (Å²) in [5.41, 5.74) is 1.40. The molecule has 6 heteroatoms. The fourth-order valence-corrected chi connectivity index (χ4v) is 4.30. The number of thiophene rings is 1. The number of aryl methyl sites for hydroxylation is 1. The SMILES string of the molecule is COCCN1CCN(c2nc(C)nc3scc(CC(C)C)c23)CC1. The molecule has 0 amide bonds. The number of hydrogen-bond acceptors (Lipinski definition) is 6. The predicted molar refractivity (Wildman–Crippen MR) is 101 cm³/mol. The summed E-state index contributed by atoms with van der Waals surface area (Å²) in [6.45, 7) is 12.5. The van der Waals surface area contributed by atoms with E-state index in [9.17, 15) is 0 Å². The van der Waals surface area contributed by atoms with E-state index in [4.69, 9.17) is 9.72 Å². The summed E-state index contributed by atoms with van der Waals surface area (Å²) in [7, 11) is 1.77.